The van der Waals surface area contributed by atoms with Gasteiger partial charge in [-0.3, -0.25) is 4.79 Å². The number of anilines is 1. The first kappa shape index (κ1) is 14.6. The van der Waals surface area contributed by atoms with Crippen LogP contribution in [0.15, 0.2) is 39.9 Å². The largest absolute Gasteiger partial charge is 0.478 e. The number of benzene rings is 1. The lowest BCUT2D eigenvalue weighted by molar-refractivity contribution is -0.113. The molecule has 0 aliphatic carbocycles. The minimum atomic E-state index is -1.05. The van der Waals surface area contributed by atoms with Gasteiger partial charge in [-0.15, -0.1) is 23.1 Å². The van der Waals surface area contributed by atoms with Crippen molar-refractivity contribution < 1.29 is 14.7 Å². The Morgan fingerprint density at radius 1 is 1.30 bits per heavy atom. The van der Waals surface area contributed by atoms with E-state index in [2.05, 4.69) is 5.32 Å². The smallest absolute Gasteiger partial charge is 0.337 e. The van der Waals surface area contributed by atoms with Gasteiger partial charge in [0, 0.05) is 0 Å². The molecule has 0 aliphatic heterocycles. The minimum Gasteiger partial charge on any atom is -0.478 e. The van der Waals surface area contributed by atoms with Crippen LogP contribution in [0.2, 0.25) is 0 Å². The maximum absolute atomic E-state index is 11.9. The lowest BCUT2D eigenvalue weighted by Gasteiger charge is -2.11. The maximum Gasteiger partial charge on any atom is 0.337 e. The topological polar surface area (TPSA) is 66.4 Å². The Kier molecular flexibility index (Phi) is 4.81. The van der Waals surface area contributed by atoms with E-state index in [1.807, 2.05) is 17.5 Å². The number of para-hydroxylation sites is 1. The van der Waals surface area contributed by atoms with E-state index in [1.165, 1.54) is 17.8 Å². The third-order valence-electron chi connectivity index (χ3n) is 2.61. The van der Waals surface area contributed by atoms with Gasteiger partial charge in [0.15, 0.2) is 0 Å². The molecule has 104 valence electrons. The number of hydrogen-bond acceptors (Lipinski definition) is 4. The number of thiophene rings is 1. The number of rotatable bonds is 5. The first-order valence-electron chi connectivity index (χ1n) is 5.87. The quantitative estimate of drug-likeness (QED) is 0.830. The van der Waals surface area contributed by atoms with E-state index in [1.54, 1.807) is 30.4 Å². The number of carbonyl (C=O) groups excluding carboxylic acids is 1. The molecule has 2 N–H and O–H groups in total. The van der Waals surface area contributed by atoms with E-state index >= 15 is 0 Å². The summed E-state index contributed by atoms with van der Waals surface area (Å²) in [7, 11) is 0. The predicted octanol–water partition coefficient (Wildman–Crippen LogP) is 3.49. The zero-order valence-corrected chi connectivity index (χ0v) is 12.4. The van der Waals surface area contributed by atoms with Gasteiger partial charge in [-0.25, -0.2) is 4.79 Å². The molecule has 0 unspecified atom stereocenters. The number of carbonyl (C=O) groups is 2. The molecule has 1 aromatic carbocycles. The van der Waals surface area contributed by atoms with Gasteiger partial charge in [-0.1, -0.05) is 18.2 Å². The molecule has 0 fully saturated rings. The van der Waals surface area contributed by atoms with Gasteiger partial charge in [-0.05, 0) is 30.0 Å². The van der Waals surface area contributed by atoms with Crippen molar-refractivity contribution in [3.05, 3.63) is 46.8 Å². The molecule has 0 saturated heterocycles. The second-order valence-electron chi connectivity index (χ2n) is 4.07. The molecule has 0 bridgehead atoms. The summed E-state index contributed by atoms with van der Waals surface area (Å²) in [5.74, 6) is -0.997. The van der Waals surface area contributed by atoms with E-state index in [4.69, 9.17) is 5.11 Å². The van der Waals surface area contributed by atoms with Gasteiger partial charge < -0.3 is 10.4 Å². The van der Waals surface area contributed by atoms with Crippen LogP contribution in [-0.4, -0.2) is 22.7 Å². The summed E-state index contributed by atoms with van der Waals surface area (Å²) in [5.41, 5.74) is 1.22. The Labute approximate surface area is 124 Å². The molecule has 1 heterocycles. The van der Waals surface area contributed by atoms with Crippen LogP contribution in [0.4, 0.5) is 5.69 Å². The fraction of sp³-hybridized carbons (Fsp3) is 0.143. The summed E-state index contributed by atoms with van der Waals surface area (Å²) in [6.07, 6.45) is 0. The number of nitrogens with one attached hydrogen (secondary N) is 1. The summed E-state index contributed by atoms with van der Waals surface area (Å²) < 4.78 is 1.06. The van der Waals surface area contributed by atoms with Crippen molar-refractivity contribution in [3.8, 4) is 0 Å². The third kappa shape index (κ3) is 3.61. The summed E-state index contributed by atoms with van der Waals surface area (Å²) in [4.78, 5) is 23.1. The maximum atomic E-state index is 11.9. The third-order valence-corrected chi connectivity index (χ3v) is 4.74. The molecule has 1 aromatic heterocycles. The number of amides is 1. The second-order valence-corrected chi connectivity index (χ2v) is 6.29. The van der Waals surface area contributed by atoms with Crippen LogP contribution in [0.3, 0.4) is 0 Å². The van der Waals surface area contributed by atoms with Crippen LogP contribution in [0.25, 0.3) is 0 Å². The standard InChI is InChI=1S/C14H13NO3S2/c1-9-4-2-5-10(14(17)18)13(9)15-11(16)8-20-12-6-3-7-19-12/h2-7H,8H2,1H3,(H,15,16)(H,17,18). The highest BCUT2D eigenvalue weighted by Crippen LogP contribution is 2.25. The zero-order valence-electron chi connectivity index (χ0n) is 10.8. The minimum absolute atomic E-state index is 0.111. The molecule has 1 amide bonds. The average molecular weight is 307 g/mol. The Bertz CT molecular complexity index is 623. The molecule has 0 aliphatic rings. The van der Waals surface area contributed by atoms with Crippen LogP contribution >= 0.6 is 23.1 Å². The van der Waals surface area contributed by atoms with Crippen LogP contribution in [0.1, 0.15) is 15.9 Å². The molecule has 0 spiro atoms. The summed E-state index contributed by atoms with van der Waals surface area (Å²) in [6, 6.07) is 8.79. The van der Waals surface area contributed by atoms with E-state index in [0.29, 0.717) is 5.69 Å². The monoisotopic (exact) mass is 307 g/mol. The number of thioether (sulfide) groups is 1. The highest BCUT2D eigenvalue weighted by Gasteiger charge is 2.14. The van der Waals surface area contributed by atoms with Crippen LogP contribution < -0.4 is 5.32 Å². The van der Waals surface area contributed by atoms with E-state index < -0.39 is 5.97 Å². The van der Waals surface area contributed by atoms with Crippen LogP contribution in [0.5, 0.6) is 0 Å². The van der Waals surface area contributed by atoms with Gasteiger partial charge in [-0.2, -0.15) is 0 Å². The first-order valence-corrected chi connectivity index (χ1v) is 7.73. The molecular weight excluding hydrogens is 294 g/mol. The average Bonchev–Trinajstić information content (AvgIpc) is 2.91. The fourth-order valence-corrected chi connectivity index (χ4v) is 3.25. The molecule has 0 saturated carbocycles. The summed E-state index contributed by atoms with van der Waals surface area (Å²) in [6.45, 7) is 1.77. The van der Waals surface area contributed by atoms with Crippen molar-refractivity contribution in [2.75, 3.05) is 11.1 Å². The number of carboxylic acid groups (broad SMARTS) is 1. The van der Waals surface area contributed by atoms with Crippen molar-refractivity contribution in [1.29, 1.82) is 0 Å². The lowest BCUT2D eigenvalue weighted by atomic mass is 10.1. The number of carboxylic acids is 1. The Balaban J connectivity index is 2.06. The Hall–Kier alpha value is -1.79. The van der Waals surface area contributed by atoms with Gasteiger partial charge in [0.25, 0.3) is 0 Å². The zero-order chi connectivity index (χ0) is 14.5. The van der Waals surface area contributed by atoms with E-state index in [0.717, 1.165) is 9.77 Å². The van der Waals surface area contributed by atoms with Crippen molar-refractivity contribution in [2.45, 2.75) is 11.1 Å². The predicted molar refractivity (Wildman–Crippen MR) is 81.8 cm³/mol. The molecule has 6 heteroatoms. The summed E-state index contributed by atoms with van der Waals surface area (Å²) in [5, 5.41) is 13.8. The van der Waals surface area contributed by atoms with Gasteiger partial charge in [0.05, 0.1) is 21.2 Å². The lowest BCUT2D eigenvalue weighted by Crippen LogP contribution is -2.17. The Morgan fingerprint density at radius 2 is 2.10 bits per heavy atom. The second kappa shape index (κ2) is 6.58. The van der Waals surface area contributed by atoms with Gasteiger partial charge in [0.2, 0.25) is 5.91 Å². The fourth-order valence-electron chi connectivity index (χ4n) is 1.67. The number of aromatic carboxylic acids is 1. The highest BCUT2D eigenvalue weighted by molar-refractivity contribution is 8.01. The molecule has 0 radical (unpaired) electrons. The van der Waals surface area contributed by atoms with Gasteiger partial charge in [0.1, 0.15) is 0 Å². The molecule has 20 heavy (non-hydrogen) atoms. The van der Waals surface area contributed by atoms with Gasteiger partial charge >= 0.3 is 5.97 Å². The molecular formula is C14H13NO3S2. The number of aryl methyl sites for hydroxylation is 1. The number of hydrogen-bond donors (Lipinski definition) is 2. The van der Waals surface area contributed by atoms with E-state index in [9.17, 15) is 9.59 Å². The van der Waals surface area contributed by atoms with Crippen molar-refractivity contribution in [3.63, 3.8) is 0 Å². The molecule has 2 rings (SSSR count). The normalized spacial score (nSPS) is 10.2. The van der Waals surface area contributed by atoms with Crippen LogP contribution in [-0.2, 0) is 4.79 Å². The van der Waals surface area contributed by atoms with Crippen molar-refractivity contribution in [1.82, 2.24) is 0 Å². The highest BCUT2D eigenvalue weighted by atomic mass is 32.2. The molecule has 0 atom stereocenters. The first-order chi connectivity index (χ1) is 9.58. The SMILES string of the molecule is Cc1cccc(C(=O)O)c1NC(=O)CSc1cccs1. The van der Waals surface area contributed by atoms with Crippen molar-refractivity contribution in [2.24, 2.45) is 0 Å². The molecule has 2 aromatic rings. The summed E-state index contributed by atoms with van der Waals surface area (Å²) >= 11 is 3.00. The molecule has 4 nitrogen and oxygen atoms in total. The van der Waals surface area contributed by atoms with Crippen molar-refractivity contribution >= 4 is 40.7 Å². The van der Waals surface area contributed by atoms with Crippen LogP contribution in [0, 0.1) is 6.92 Å². The van der Waals surface area contributed by atoms with E-state index in [-0.39, 0.29) is 17.2 Å². The Morgan fingerprint density at radius 3 is 2.75 bits per heavy atom.